The zero-order valence-corrected chi connectivity index (χ0v) is 8.06. The average Bonchev–Trinajstić information content (AvgIpc) is 2.51. The van der Waals surface area contributed by atoms with Crippen LogP contribution in [-0.4, -0.2) is 5.84 Å². The fourth-order valence-corrected chi connectivity index (χ4v) is 1.78. The zero-order chi connectivity index (χ0) is 9.14. The Morgan fingerprint density at radius 1 is 1.50 bits per heavy atom. The Hall–Kier alpha value is -1.03. The minimum absolute atomic E-state index is 0.409. The van der Waals surface area contributed by atoms with Gasteiger partial charge in [-0.25, -0.2) is 0 Å². The summed E-state index contributed by atoms with van der Waals surface area (Å²) in [7, 11) is 0. The van der Waals surface area contributed by atoms with Crippen molar-refractivity contribution >= 4 is 17.2 Å². The quantitative estimate of drug-likeness (QED) is 0.315. The Labute approximate surface area is 76.1 Å². The summed E-state index contributed by atoms with van der Waals surface area (Å²) in [5.41, 5.74) is 5.54. The Morgan fingerprint density at radius 2 is 2.17 bits per heavy atom. The normalized spacial score (nSPS) is 12.4. The molecule has 1 aromatic heterocycles. The molecule has 0 radical (unpaired) electrons. The van der Waals surface area contributed by atoms with Crippen LogP contribution >= 0.6 is 11.3 Å². The lowest BCUT2D eigenvalue weighted by Gasteiger charge is -1.97. The van der Waals surface area contributed by atoms with Gasteiger partial charge in [-0.15, -0.1) is 11.3 Å². The molecule has 1 aromatic rings. The molecule has 12 heavy (non-hydrogen) atoms. The first kappa shape index (κ1) is 9.06. The summed E-state index contributed by atoms with van der Waals surface area (Å²) >= 11 is 1.64. The second kappa shape index (κ2) is 3.58. The molecule has 1 rings (SSSR count). The third kappa shape index (κ3) is 1.76. The molecule has 4 N–H and O–H groups in total. The standard InChI is InChI=1S/C8H13N3S/c1-5(2)6-3-4-7(12-6)8(9)11-10/h3-5H,10H2,1-2H3,(H2,9,11). The first-order chi connectivity index (χ1) is 5.65. The number of hydrogen-bond acceptors (Lipinski definition) is 3. The minimum Gasteiger partial charge on any atom is -0.381 e. The van der Waals surface area contributed by atoms with Gasteiger partial charge >= 0.3 is 0 Å². The van der Waals surface area contributed by atoms with Gasteiger partial charge in [-0.05, 0) is 18.1 Å². The predicted octanol–water partition coefficient (Wildman–Crippen LogP) is 1.45. The molecule has 0 amide bonds. The molecule has 0 aromatic carbocycles. The van der Waals surface area contributed by atoms with Gasteiger partial charge in [0.25, 0.3) is 0 Å². The van der Waals surface area contributed by atoms with Gasteiger partial charge in [-0.2, -0.15) is 5.10 Å². The topological polar surface area (TPSA) is 64.4 Å². The van der Waals surface area contributed by atoms with Gasteiger partial charge in [-0.3, -0.25) is 0 Å². The number of hydrogen-bond donors (Lipinski definition) is 2. The summed E-state index contributed by atoms with van der Waals surface area (Å²) in [6.07, 6.45) is 0. The highest BCUT2D eigenvalue weighted by atomic mass is 32.1. The summed E-state index contributed by atoms with van der Waals surface area (Å²) in [5.74, 6) is 6.00. The number of rotatable bonds is 2. The lowest BCUT2D eigenvalue weighted by atomic mass is 10.2. The maximum Gasteiger partial charge on any atom is 0.160 e. The van der Waals surface area contributed by atoms with Crippen LogP contribution in [0, 0.1) is 0 Å². The van der Waals surface area contributed by atoms with Crippen molar-refractivity contribution in [2.45, 2.75) is 19.8 Å². The highest BCUT2D eigenvalue weighted by Crippen LogP contribution is 2.23. The van der Waals surface area contributed by atoms with Crippen molar-refractivity contribution in [1.29, 1.82) is 0 Å². The summed E-state index contributed by atoms with van der Waals surface area (Å²) < 4.78 is 0. The molecule has 0 bridgehead atoms. The van der Waals surface area contributed by atoms with E-state index in [0.717, 1.165) is 4.88 Å². The van der Waals surface area contributed by atoms with Gasteiger partial charge in [-0.1, -0.05) is 13.8 Å². The van der Waals surface area contributed by atoms with E-state index in [-0.39, 0.29) is 0 Å². The number of hydrazone groups is 1. The van der Waals surface area contributed by atoms with Crippen LogP contribution in [0.2, 0.25) is 0 Å². The second-order valence-electron chi connectivity index (χ2n) is 2.87. The fraction of sp³-hybridized carbons (Fsp3) is 0.375. The predicted molar refractivity (Wildman–Crippen MR) is 53.3 cm³/mol. The second-order valence-corrected chi connectivity index (χ2v) is 3.99. The maximum atomic E-state index is 5.54. The Kier molecular flexibility index (Phi) is 2.70. The van der Waals surface area contributed by atoms with Crippen molar-refractivity contribution in [2.75, 3.05) is 0 Å². The molecule has 3 nitrogen and oxygen atoms in total. The summed E-state index contributed by atoms with van der Waals surface area (Å²) in [6.45, 7) is 4.29. The minimum atomic E-state index is 0.409. The van der Waals surface area contributed by atoms with Gasteiger partial charge in [0.1, 0.15) is 0 Å². The van der Waals surface area contributed by atoms with E-state index in [2.05, 4.69) is 25.0 Å². The lowest BCUT2D eigenvalue weighted by molar-refractivity contribution is 0.890. The lowest BCUT2D eigenvalue weighted by Crippen LogP contribution is -2.13. The molecule has 0 aliphatic rings. The van der Waals surface area contributed by atoms with E-state index in [1.165, 1.54) is 4.88 Å². The zero-order valence-electron chi connectivity index (χ0n) is 7.24. The molecule has 1 heterocycles. The SMILES string of the molecule is CC(C)c1ccc(/C(N)=N/N)s1. The van der Waals surface area contributed by atoms with Crippen molar-refractivity contribution in [2.24, 2.45) is 16.7 Å². The third-order valence-electron chi connectivity index (χ3n) is 1.59. The largest absolute Gasteiger partial charge is 0.381 e. The smallest absolute Gasteiger partial charge is 0.160 e. The van der Waals surface area contributed by atoms with Crippen LogP contribution in [0.15, 0.2) is 17.2 Å². The number of nitrogens with two attached hydrogens (primary N) is 2. The van der Waals surface area contributed by atoms with E-state index >= 15 is 0 Å². The summed E-state index contributed by atoms with van der Waals surface area (Å²) in [5, 5.41) is 3.44. The van der Waals surface area contributed by atoms with Crippen LogP contribution in [0.3, 0.4) is 0 Å². The first-order valence-electron chi connectivity index (χ1n) is 3.78. The van der Waals surface area contributed by atoms with Crippen LogP contribution in [0.4, 0.5) is 0 Å². The molecule has 0 saturated carbocycles. The molecule has 0 aliphatic carbocycles. The van der Waals surface area contributed by atoms with Crippen LogP contribution < -0.4 is 11.6 Å². The van der Waals surface area contributed by atoms with E-state index in [4.69, 9.17) is 11.6 Å². The monoisotopic (exact) mass is 183 g/mol. The molecule has 0 unspecified atom stereocenters. The number of thiophene rings is 1. The Morgan fingerprint density at radius 3 is 2.58 bits per heavy atom. The number of nitrogens with zero attached hydrogens (tertiary/aromatic N) is 1. The van der Waals surface area contributed by atoms with Crippen molar-refractivity contribution in [3.05, 3.63) is 21.9 Å². The molecular weight excluding hydrogens is 170 g/mol. The van der Waals surface area contributed by atoms with Crippen molar-refractivity contribution in [1.82, 2.24) is 0 Å². The molecule has 0 aliphatic heterocycles. The molecule has 66 valence electrons. The maximum absolute atomic E-state index is 5.54. The molecule has 4 heteroatoms. The molecule has 0 spiro atoms. The van der Waals surface area contributed by atoms with E-state index in [0.29, 0.717) is 11.8 Å². The van der Waals surface area contributed by atoms with Crippen molar-refractivity contribution < 1.29 is 0 Å². The third-order valence-corrected chi connectivity index (χ3v) is 3.00. The summed E-state index contributed by atoms with van der Waals surface area (Å²) in [6, 6.07) is 4.01. The van der Waals surface area contributed by atoms with Gasteiger partial charge < -0.3 is 11.6 Å². The highest BCUT2D eigenvalue weighted by molar-refractivity contribution is 7.14. The Balaban J connectivity index is 2.92. The van der Waals surface area contributed by atoms with Crippen molar-refractivity contribution in [3.63, 3.8) is 0 Å². The highest BCUT2D eigenvalue weighted by Gasteiger charge is 2.05. The molecule has 0 saturated heterocycles. The van der Waals surface area contributed by atoms with Crippen LogP contribution in [0.5, 0.6) is 0 Å². The average molecular weight is 183 g/mol. The van der Waals surface area contributed by atoms with Gasteiger partial charge in [0.2, 0.25) is 0 Å². The van der Waals surface area contributed by atoms with Crippen molar-refractivity contribution in [3.8, 4) is 0 Å². The van der Waals surface area contributed by atoms with Crippen LogP contribution in [0.25, 0.3) is 0 Å². The van der Waals surface area contributed by atoms with E-state index in [1.807, 2.05) is 6.07 Å². The van der Waals surface area contributed by atoms with E-state index < -0.39 is 0 Å². The summed E-state index contributed by atoms with van der Waals surface area (Å²) in [4.78, 5) is 2.25. The number of amidine groups is 1. The van der Waals surface area contributed by atoms with Gasteiger partial charge in [0.05, 0.1) is 4.88 Å². The van der Waals surface area contributed by atoms with Gasteiger partial charge in [0.15, 0.2) is 5.84 Å². The first-order valence-corrected chi connectivity index (χ1v) is 4.60. The van der Waals surface area contributed by atoms with E-state index in [1.54, 1.807) is 11.3 Å². The van der Waals surface area contributed by atoms with Crippen LogP contribution in [0.1, 0.15) is 29.5 Å². The van der Waals surface area contributed by atoms with Gasteiger partial charge in [0, 0.05) is 4.88 Å². The molecular formula is C8H13N3S. The molecule has 0 atom stereocenters. The van der Waals surface area contributed by atoms with E-state index in [9.17, 15) is 0 Å². The molecule has 0 fully saturated rings. The Bertz CT molecular complexity index is 288. The van der Waals surface area contributed by atoms with Crippen LogP contribution in [-0.2, 0) is 0 Å². The fourth-order valence-electron chi connectivity index (χ4n) is 0.864.